The van der Waals surface area contributed by atoms with Crippen LogP contribution in [0.4, 0.5) is 0 Å². The second-order valence-corrected chi connectivity index (χ2v) is 7.81. The van der Waals surface area contributed by atoms with Crippen LogP contribution >= 0.6 is 11.8 Å². The van der Waals surface area contributed by atoms with Crippen molar-refractivity contribution in [3.05, 3.63) is 60.2 Å². The molecule has 1 heterocycles. The Bertz CT molecular complexity index is 943. The molecule has 0 fully saturated rings. The highest BCUT2D eigenvalue weighted by molar-refractivity contribution is 8.00. The van der Waals surface area contributed by atoms with Crippen molar-refractivity contribution in [2.75, 3.05) is 14.2 Å². The second-order valence-electron chi connectivity index (χ2n) is 6.51. The molecular weight excluding hydrogens is 372 g/mol. The molecule has 0 radical (unpaired) electrons. The molecule has 2 aromatic carbocycles. The third-order valence-corrected chi connectivity index (χ3v) is 5.57. The number of amides is 1. The Morgan fingerprint density at radius 1 is 1.14 bits per heavy atom. The van der Waals surface area contributed by atoms with E-state index in [-0.39, 0.29) is 11.2 Å². The monoisotopic (exact) mass is 396 g/mol. The number of hydrogen-bond acceptors (Lipinski definition) is 5. The second kappa shape index (κ2) is 8.93. The van der Waals surface area contributed by atoms with Crippen molar-refractivity contribution in [3.8, 4) is 17.1 Å². The van der Waals surface area contributed by atoms with Crippen LogP contribution in [-0.2, 0) is 18.4 Å². The molecule has 0 saturated carbocycles. The quantitative estimate of drug-likeness (QED) is 0.571. The van der Waals surface area contributed by atoms with Crippen molar-refractivity contribution in [2.24, 2.45) is 7.05 Å². The molecule has 0 aliphatic rings. The summed E-state index contributed by atoms with van der Waals surface area (Å²) in [6.07, 6.45) is 0. The number of nitrogens with zero attached hydrogens (tertiary/aromatic N) is 4. The average Bonchev–Trinajstić information content (AvgIpc) is 3.08. The minimum Gasteiger partial charge on any atom is -0.496 e. The summed E-state index contributed by atoms with van der Waals surface area (Å²) in [6.45, 7) is 2.47. The van der Waals surface area contributed by atoms with Crippen molar-refractivity contribution in [3.63, 3.8) is 0 Å². The molecule has 3 aromatic rings. The van der Waals surface area contributed by atoms with E-state index >= 15 is 0 Å². The summed E-state index contributed by atoms with van der Waals surface area (Å²) in [5.74, 6) is 1.49. The average molecular weight is 397 g/mol. The van der Waals surface area contributed by atoms with Crippen molar-refractivity contribution >= 4 is 17.7 Å². The zero-order valence-electron chi connectivity index (χ0n) is 16.5. The highest BCUT2D eigenvalue weighted by Gasteiger charge is 2.23. The van der Waals surface area contributed by atoms with E-state index in [1.165, 1.54) is 11.8 Å². The largest absolute Gasteiger partial charge is 0.496 e. The van der Waals surface area contributed by atoms with Gasteiger partial charge in [0.15, 0.2) is 11.0 Å². The molecule has 3 rings (SSSR count). The lowest BCUT2D eigenvalue weighted by atomic mass is 10.2. The van der Waals surface area contributed by atoms with E-state index < -0.39 is 0 Å². The summed E-state index contributed by atoms with van der Waals surface area (Å²) >= 11 is 1.40. The van der Waals surface area contributed by atoms with Gasteiger partial charge in [-0.25, -0.2) is 0 Å². The Kier molecular flexibility index (Phi) is 6.36. The van der Waals surface area contributed by atoms with Gasteiger partial charge in [0.1, 0.15) is 5.75 Å². The summed E-state index contributed by atoms with van der Waals surface area (Å²) < 4.78 is 7.32. The van der Waals surface area contributed by atoms with Gasteiger partial charge in [0.05, 0.1) is 17.9 Å². The lowest BCUT2D eigenvalue weighted by molar-refractivity contribution is -0.129. The lowest BCUT2D eigenvalue weighted by Crippen LogP contribution is -2.32. The summed E-state index contributed by atoms with van der Waals surface area (Å²) in [6, 6.07) is 17.6. The number of carbonyl (C=O) groups is 1. The molecule has 0 saturated heterocycles. The Balaban J connectivity index is 1.71. The Labute approximate surface area is 169 Å². The van der Waals surface area contributed by atoms with E-state index in [9.17, 15) is 4.79 Å². The molecule has 28 heavy (non-hydrogen) atoms. The number of para-hydroxylation sites is 1. The smallest absolute Gasteiger partial charge is 0.235 e. The number of ether oxygens (including phenoxy) is 1. The van der Waals surface area contributed by atoms with Gasteiger partial charge in [-0.2, -0.15) is 0 Å². The molecule has 6 nitrogen and oxygen atoms in total. The summed E-state index contributed by atoms with van der Waals surface area (Å²) in [5, 5.41) is 9.00. The maximum atomic E-state index is 12.8. The SMILES string of the molecule is COc1ccccc1-c1nnc(S[C@H](C)C(=O)N(C)Cc2ccccc2)n1C. The summed E-state index contributed by atoms with van der Waals surface area (Å²) in [4.78, 5) is 14.5. The van der Waals surface area contributed by atoms with E-state index in [1.807, 2.05) is 80.2 Å². The third kappa shape index (κ3) is 4.36. The van der Waals surface area contributed by atoms with Crippen LogP contribution in [0.3, 0.4) is 0 Å². The van der Waals surface area contributed by atoms with Crippen LogP contribution in [0, 0.1) is 0 Å². The highest BCUT2D eigenvalue weighted by Crippen LogP contribution is 2.31. The number of benzene rings is 2. The molecule has 0 aliphatic carbocycles. The predicted octanol–water partition coefficient (Wildman–Crippen LogP) is 3.63. The van der Waals surface area contributed by atoms with Crippen molar-refractivity contribution in [2.45, 2.75) is 23.9 Å². The molecular formula is C21H24N4O2S. The number of aromatic nitrogens is 3. The van der Waals surface area contributed by atoms with Crippen LogP contribution in [0.2, 0.25) is 0 Å². The van der Waals surface area contributed by atoms with Crippen LogP contribution in [0.1, 0.15) is 12.5 Å². The van der Waals surface area contributed by atoms with Gasteiger partial charge in [0.2, 0.25) is 5.91 Å². The topological polar surface area (TPSA) is 60.3 Å². The van der Waals surface area contributed by atoms with Crippen molar-refractivity contribution in [1.29, 1.82) is 0 Å². The van der Waals surface area contributed by atoms with Crippen LogP contribution < -0.4 is 4.74 Å². The Hall–Kier alpha value is -2.80. The molecule has 1 aromatic heterocycles. The van der Waals surface area contributed by atoms with Gasteiger partial charge in [0, 0.05) is 20.6 Å². The Morgan fingerprint density at radius 3 is 2.54 bits per heavy atom. The fourth-order valence-electron chi connectivity index (χ4n) is 2.94. The summed E-state index contributed by atoms with van der Waals surface area (Å²) in [5.41, 5.74) is 1.97. The minimum atomic E-state index is -0.276. The zero-order chi connectivity index (χ0) is 20.1. The van der Waals surface area contributed by atoms with E-state index in [4.69, 9.17) is 4.74 Å². The van der Waals surface area contributed by atoms with Gasteiger partial charge in [-0.15, -0.1) is 10.2 Å². The van der Waals surface area contributed by atoms with Gasteiger partial charge >= 0.3 is 0 Å². The van der Waals surface area contributed by atoms with Gasteiger partial charge in [-0.3, -0.25) is 4.79 Å². The van der Waals surface area contributed by atoms with Crippen molar-refractivity contribution < 1.29 is 9.53 Å². The molecule has 7 heteroatoms. The number of rotatable bonds is 7. The number of carbonyl (C=O) groups excluding carboxylic acids is 1. The van der Waals surface area contributed by atoms with Crippen LogP contribution in [-0.4, -0.2) is 45.0 Å². The first-order chi connectivity index (χ1) is 13.5. The molecule has 0 bridgehead atoms. The zero-order valence-corrected chi connectivity index (χ0v) is 17.3. The molecule has 1 amide bonds. The summed E-state index contributed by atoms with van der Waals surface area (Å²) in [7, 11) is 5.35. The number of thioether (sulfide) groups is 1. The van der Waals surface area contributed by atoms with Crippen LogP contribution in [0.25, 0.3) is 11.4 Å². The van der Waals surface area contributed by atoms with Gasteiger partial charge < -0.3 is 14.2 Å². The van der Waals surface area contributed by atoms with E-state index in [2.05, 4.69) is 10.2 Å². The minimum absolute atomic E-state index is 0.0516. The maximum absolute atomic E-state index is 12.8. The first-order valence-corrected chi connectivity index (χ1v) is 9.87. The maximum Gasteiger partial charge on any atom is 0.235 e. The number of hydrogen-bond donors (Lipinski definition) is 0. The lowest BCUT2D eigenvalue weighted by Gasteiger charge is -2.21. The van der Waals surface area contributed by atoms with Gasteiger partial charge in [-0.05, 0) is 24.6 Å². The fraction of sp³-hybridized carbons (Fsp3) is 0.286. The molecule has 0 aliphatic heterocycles. The van der Waals surface area contributed by atoms with Crippen molar-refractivity contribution in [1.82, 2.24) is 19.7 Å². The van der Waals surface area contributed by atoms with Crippen LogP contribution in [0.15, 0.2) is 59.8 Å². The third-order valence-electron chi connectivity index (χ3n) is 4.45. The van der Waals surface area contributed by atoms with Crippen LogP contribution in [0.5, 0.6) is 5.75 Å². The molecule has 0 N–H and O–H groups in total. The number of methoxy groups -OCH3 is 1. The fourth-order valence-corrected chi connectivity index (χ4v) is 3.87. The molecule has 0 spiro atoms. The molecule has 146 valence electrons. The van der Waals surface area contributed by atoms with E-state index in [1.54, 1.807) is 12.0 Å². The first-order valence-electron chi connectivity index (χ1n) is 8.99. The molecule has 0 unspecified atom stereocenters. The van der Waals surface area contributed by atoms with Gasteiger partial charge in [0.25, 0.3) is 0 Å². The highest BCUT2D eigenvalue weighted by atomic mass is 32.2. The predicted molar refractivity (Wildman–Crippen MR) is 111 cm³/mol. The first kappa shape index (κ1) is 19.9. The normalized spacial score (nSPS) is 11.9. The molecule has 1 atom stereocenters. The Morgan fingerprint density at radius 2 is 1.82 bits per heavy atom. The van der Waals surface area contributed by atoms with Gasteiger partial charge in [-0.1, -0.05) is 54.2 Å². The standard InChI is InChI=1S/C21H24N4O2S/c1-15(20(26)24(2)14-16-10-6-5-7-11-16)28-21-23-22-19(25(21)3)17-12-8-9-13-18(17)27-4/h5-13,15H,14H2,1-4H3/t15-/m1/s1. The van der Waals surface area contributed by atoms with E-state index in [0.29, 0.717) is 17.5 Å². The van der Waals surface area contributed by atoms with E-state index in [0.717, 1.165) is 16.9 Å².